The number of rotatable bonds is 48. The molecule has 8 aromatic rings. The molecule has 4 nitrogen and oxygen atoms in total. The fraction of sp³-hybridized carbons (Fsp3) is 0.649. The van der Waals surface area contributed by atoms with E-state index in [1.165, 1.54) is 276 Å². The molecule has 0 aliphatic heterocycles. The summed E-state index contributed by atoms with van der Waals surface area (Å²) < 4.78 is 82.7. The number of hydrogen-bond donors (Lipinski definition) is 0. The lowest BCUT2D eigenvalue weighted by Gasteiger charge is -2.17. The highest BCUT2D eigenvalue weighted by Crippen LogP contribution is 2.51. The second-order valence-electron chi connectivity index (χ2n) is 25.9. The second-order valence-corrected chi connectivity index (χ2v) is 30.8. The monoisotopic (exact) mass is 1320 g/mol. The van der Waals surface area contributed by atoms with Crippen LogP contribution < -0.4 is 0 Å². The molecule has 0 aliphatic carbocycles. The molecule has 0 spiro atoms. The Bertz CT molecular complexity index is 3240. The van der Waals surface area contributed by atoms with E-state index in [9.17, 15) is 4.39 Å². The van der Waals surface area contributed by atoms with Gasteiger partial charge in [-0.3, -0.25) is 0 Å². The predicted octanol–water partition coefficient (Wildman–Crippen LogP) is 28.3. The number of halogens is 4. The molecule has 0 bridgehead atoms. The van der Waals surface area contributed by atoms with Gasteiger partial charge in [0.15, 0.2) is 23.3 Å². The first-order chi connectivity index (χ1) is 43.2. The van der Waals surface area contributed by atoms with E-state index in [2.05, 4.69) is 57.3 Å². The molecule has 0 aliphatic rings. The zero-order chi connectivity index (χ0) is 61.7. The zero-order valence-electron chi connectivity index (χ0n) is 54.1. The largest absolute Gasteiger partial charge is 0.203 e. The van der Waals surface area contributed by atoms with Crippen LogP contribution in [0.1, 0.15) is 296 Å². The maximum atomic E-state index is 16.7. The fourth-order valence-electron chi connectivity index (χ4n) is 13.4. The summed E-state index contributed by atoms with van der Waals surface area (Å²) in [5.74, 6) is -3.30. The van der Waals surface area contributed by atoms with Crippen molar-refractivity contribution in [2.45, 2.75) is 297 Å². The summed E-state index contributed by atoms with van der Waals surface area (Å²) in [7, 11) is 0. The molecule has 88 heavy (non-hydrogen) atoms. The van der Waals surface area contributed by atoms with Gasteiger partial charge in [-0.05, 0) is 65.4 Å². The molecule has 0 radical (unpaired) electrons. The summed E-state index contributed by atoms with van der Waals surface area (Å²) in [6.45, 7) is 9.13. The van der Waals surface area contributed by atoms with E-state index in [0.29, 0.717) is 23.1 Å². The minimum Gasteiger partial charge on any atom is -0.203 e. The minimum absolute atomic E-state index is 0.134. The summed E-state index contributed by atoms with van der Waals surface area (Å²) in [5.41, 5.74) is 7.60. The van der Waals surface area contributed by atoms with Gasteiger partial charge in [0.1, 0.15) is 22.1 Å². The summed E-state index contributed by atoms with van der Waals surface area (Å²) >= 11 is 7.34. The van der Waals surface area contributed by atoms with Gasteiger partial charge in [-0.1, -0.05) is 285 Å². The first kappa shape index (κ1) is 70.7. The molecule has 14 heteroatoms. The van der Waals surface area contributed by atoms with Crippen LogP contribution in [0.15, 0.2) is 35.0 Å². The Hall–Kier alpha value is -3.14. The Balaban J connectivity index is 1.06. The molecular weight excluding hydrogens is 1210 g/mol. The summed E-state index contributed by atoms with van der Waals surface area (Å²) in [4.78, 5) is 2.45. The third-order valence-corrected chi connectivity index (χ3v) is 24.3. The first-order valence-electron chi connectivity index (χ1n) is 35.2. The van der Waals surface area contributed by atoms with Crippen LogP contribution in [0.3, 0.4) is 0 Å². The van der Waals surface area contributed by atoms with Crippen LogP contribution in [0.5, 0.6) is 0 Å². The van der Waals surface area contributed by atoms with Gasteiger partial charge in [0, 0.05) is 37.0 Å². The average Bonchev–Trinajstić information content (AvgIpc) is 1.62. The van der Waals surface area contributed by atoms with E-state index >= 15 is 13.2 Å². The number of fused-ring (bicyclic) bond motifs is 5. The number of thiophene rings is 4. The van der Waals surface area contributed by atoms with Crippen molar-refractivity contribution < 1.29 is 17.6 Å². The predicted molar refractivity (Wildman–Crippen MR) is 381 cm³/mol. The van der Waals surface area contributed by atoms with Gasteiger partial charge in [0.2, 0.25) is 0 Å². The Labute approximate surface area is 551 Å². The van der Waals surface area contributed by atoms with Gasteiger partial charge < -0.3 is 0 Å². The van der Waals surface area contributed by atoms with Gasteiger partial charge in [0.25, 0.3) is 0 Å². The second kappa shape index (κ2) is 39.4. The van der Waals surface area contributed by atoms with Gasteiger partial charge in [-0.2, -0.15) is 17.5 Å². The number of benzene rings is 2. The van der Waals surface area contributed by atoms with Crippen molar-refractivity contribution in [1.82, 2.24) is 17.5 Å². The smallest absolute Gasteiger partial charge is 0.179 e. The Morgan fingerprint density at radius 2 is 0.716 bits per heavy atom. The first-order valence-corrected chi connectivity index (χ1v) is 40.1. The third kappa shape index (κ3) is 20.9. The normalized spacial score (nSPS) is 12.8. The molecule has 8 rings (SSSR count). The molecular formula is C74H104F4N4S6. The molecule has 6 aromatic heterocycles. The van der Waals surface area contributed by atoms with Crippen LogP contribution in [0.4, 0.5) is 17.6 Å². The number of nitrogens with zero attached hydrogens (tertiary/aromatic N) is 4. The van der Waals surface area contributed by atoms with E-state index < -0.39 is 23.3 Å². The number of hydrogen-bond acceptors (Lipinski definition) is 10. The standard InChI is InChI=1S/C74H104F4N4S6/c1-5-9-13-17-21-25-27-31-34-38-42-53(41-37-33-29-23-19-15-11-7-3)45-55-47-62(83-51-55)59-49-57-58(67-69(59)81-87-79-67)50-60(70-68(57)80-88-82-70)63-48-56(71(85-63)73-65(77)66(78)74(86-73)72-64(76)61(75)52-84-72)46-54(43-39-35-30-24-20-16-12-8-4)44-40-36-32-28-26-22-18-14-10-6-2/h47-54H,5-46H2,1-4H3. The summed E-state index contributed by atoms with van der Waals surface area (Å²) in [6.07, 6.45) is 53.7. The van der Waals surface area contributed by atoms with Gasteiger partial charge in [-0.25, -0.2) is 17.6 Å². The lowest BCUT2D eigenvalue weighted by molar-refractivity contribution is 0.400. The molecule has 2 atom stereocenters. The van der Waals surface area contributed by atoms with Crippen LogP contribution in [0.25, 0.3) is 73.2 Å². The Morgan fingerprint density at radius 1 is 0.341 bits per heavy atom. The lowest BCUT2D eigenvalue weighted by Crippen LogP contribution is -2.06. The molecule has 6 heterocycles. The molecule has 2 aromatic carbocycles. The van der Waals surface area contributed by atoms with E-state index in [1.807, 2.05) is 11.3 Å². The quantitative estimate of drug-likeness (QED) is 0.0282. The molecule has 0 N–H and O–H groups in total. The van der Waals surface area contributed by atoms with E-state index in [-0.39, 0.29) is 14.6 Å². The van der Waals surface area contributed by atoms with Crippen LogP contribution >= 0.6 is 68.8 Å². The van der Waals surface area contributed by atoms with Crippen LogP contribution in [-0.2, 0) is 12.8 Å². The van der Waals surface area contributed by atoms with Crippen molar-refractivity contribution in [2.24, 2.45) is 11.8 Å². The van der Waals surface area contributed by atoms with Crippen LogP contribution in [-0.4, -0.2) is 17.5 Å². The van der Waals surface area contributed by atoms with Crippen molar-refractivity contribution in [3.05, 3.63) is 69.4 Å². The average molecular weight is 1320 g/mol. The highest BCUT2D eigenvalue weighted by atomic mass is 32.1. The highest BCUT2D eigenvalue weighted by Gasteiger charge is 2.30. The Kier molecular flexibility index (Phi) is 31.7. The van der Waals surface area contributed by atoms with E-state index in [0.717, 1.165) is 115 Å². The minimum atomic E-state index is -1.14. The lowest BCUT2D eigenvalue weighted by atomic mass is 9.88. The molecule has 0 fully saturated rings. The third-order valence-electron chi connectivity index (χ3n) is 18.7. The Morgan fingerprint density at radius 3 is 1.12 bits per heavy atom. The number of unbranched alkanes of at least 4 members (excludes halogenated alkanes) is 32. The zero-order valence-corrected chi connectivity index (χ0v) is 59.0. The van der Waals surface area contributed by atoms with Crippen molar-refractivity contribution in [3.63, 3.8) is 0 Å². The van der Waals surface area contributed by atoms with Gasteiger partial charge in [-0.15, -0.1) is 45.3 Å². The van der Waals surface area contributed by atoms with Crippen molar-refractivity contribution >= 4 is 102 Å². The van der Waals surface area contributed by atoms with Crippen LogP contribution in [0.2, 0.25) is 0 Å². The van der Waals surface area contributed by atoms with Crippen molar-refractivity contribution in [3.8, 4) is 40.4 Å². The highest BCUT2D eigenvalue weighted by molar-refractivity contribution is 7.27. The summed E-state index contributed by atoms with van der Waals surface area (Å²) in [6, 6.07) is 9.05. The molecule has 484 valence electrons. The summed E-state index contributed by atoms with van der Waals surface area (Å²) in [5, 5.41) is 5.33. The van der Waals surface area contributed by atoms with Crippen molar-refractivity contribution in [1.29, 1.82) is 0 Å². The maximum absolute atomic E-state index is 16.7. The number of aromatic nitrogens is 4. The van der Waals surface area contributed by atoms with Gasteiger partial charge >= 0.3 is 0 Å². The fourth-order valence-corrected chi connectivity index (χ4v) is 18.9. The van der Waals surface area contributed by atoms with E-state index in [4.69, 9.17) is 17.5 Å². The maximum Gasteiger partial charge on any atom is 0.179 e. The topological polar surface area (TPSA) is 51.6 Å². The molecule has 0 saturated heterocycles. The molecule has 2 unspecified atom stereocenters. The SMILES string of the molecule is CCCCCCCCCCCCC(CCCCCCCCCC)Cc1csc(-c2cc3c(cc(-c4cc(CC(CCCCCCCCCC)CCCCCCCCCCCC)c(-c5sc(-c6scc(F)c6F)c(F)c5F)s4)c4nsnc43)c3nsnc23)c1. The van der Waals surface area contributed by atoms with Crippen LogP contribution in [0, 0.1) is 35.1 Å². The molecule has 0 amide bonds. The molecule has 0 saturated carbocycles. The van der Waals surface area contributed by atoms with E-state index in [1.54, 1.807) is 0 Å². The van der Waals surface area contributed by atoms with Gasteiger partial charge in [0.05, 0.1) is 43.0 Å². The van der Waals surface area contributed by atoms with Crippen molar-refractivity contribution in [2.75, 3.05) is 0 Å².